The Morgan fingerprint density at radius 1 is 0.880 bits per heavy atom. The van der Waals surface area contributed by atoms with Gasteiger partial charge in [-0.2, -0.15) is 0 Å². The molecular weight excluding hydrogens is 310 g/mol. The quantitative estimate of drug-likeness (QED) is 0.274. The molecule has 0 bridgehead atoms. The lowest BCUT2D eigenvalue weighted by Crippen LogP contribution is -2.14. The van der Waals surface area contributed by atoms with Crippen LogP contribution in [0.3, 0.4) is 0 Å². The normalized spacial score (nSPS) is 11.3. The Bertz CT molecular complexity index is 744. The van der Waals surface area contributed by atoms with Gasteiger partial charge in [-0.3, -0.25) is 9.80 Å². The van der Waals surface area contributed by atoms with Gasteiger partial charge in [0, 0.05) is 18.7 Å². The minimum atomic E-state index is 0.688. The van der Waals surface area contributed by atoms with E-state index in [2.05, 4.69) is 43.3 Å². The minimum absolute atomic E-state index is 0.688. The highest BCUT2D eigenvalue weighted by molar-refractivity contribution is 5.77. The standard InChI is InChI=1S/C21H25N3O/c1-4-20-15-18(10-7-17-8-11-19(16-25)12-9-17)13-14-21(20)22-23-24(5-2)6-3/h7-16H,4-6H2,1-3H3/b10-7+,23-22?. The predicted molar refractivity (Wildman–Crippen MR) is 104 cm³/mol. The Morgan fingerprint density at radius 3 is 2.08 bits per heavy atom. The fraction of sp³-hybridized carbons (Fsp3) is 0.286. The van der Waals surface area contributed by atoms with Crippen LogP contribution >= 0.6 is 0 Å². The summed E-state index contributed by atoms with van der Waals surface area (Å²) in [6.07, 6.45) is 5.87. The minimum Gasteiger partial charge on any atom is -0.298 e. The van der Waals surface area contributed by atoms with Crippen molar-refractivity contribution in [2.24, 2.45) is 10.3 Å². The Labute approximate surface area is 149 Å². The molecule has 0 aliphatic heterocycles. The molecule has 25 heavy (non-hydrogen) atoms. The number of carbonyl (C=O) groups is 1. The smallest absolute Gasteiger partial charge is 0.150 e. The summed E-state index contributed by atoms with van der Waals surface area (Å²) in [5.41, 5.74) is 4.97. The number of nitrogens with zero attached hydrogens (tertiary/aromatic N) is 3. The van der Waals surface area contributed by atoms with Crippen molar-refractivity contribution in [3.05, 3.63) is 64.7 Å². The Balaban J connectivity index is 2.16. The fourth-order valence-electron chi connectivity index (χ4n) is 2.43. The average molecular weight is 335 g/mol. The number of rotatable bonds is 8. The number of hydrogen-bond donors (Lipinski definition) is 0. The van der Waals surface area contributed by atoms with Crippen LogP contribution in [0.15, 0.2) is 52.8 Å². The third kappa shape index (κ3) is 5.38. The van der Waals surface area contributed by atoms with Crippen molar-refractivity contribution < 1.29 is 4.79 Å². The Kier molecular flexibility index (Phi) is 7.08. The van der Waals surface area contributed by atoms with Crippen LogP contribution in [0.25, 0.3) is 12.2 Å². The van der Waals surface area contributed by atoms with Gasteiger partial charge in [-0.1, -0.05) is 54.6 Å². The van der Waals surface area contributed by atoms with Crippen LogP contribution < -0.4 is 0 Å². The van der Waals surface area contributed by atoms with Crippen LogP contribution in [0.4, 0.5) is 5.69 Å². The van der Waals surface area contributed by atoms with E-state index in [0.29, 0.717) is 5.56 Å². The molecule has 2 aromatic carbocycles. The molecule has 0 N–H and O–H groups in total. The van der Waals surface area contributed by atoms with Gasteiger partial charge < -0.3 is 0 Å². The zero-order valence-corrected chi connectivity index (χ0v) is 15.1. The molecule has 0 aliphatic rings. The monoisotopic (exact) mass is 335 g/mol. The second kappa shape index (κ2) is 9.52. The summed E-state index contributed by atoms with van der Waals surface area (Å²) in [4.78, 5) is 10.7. The molecule has 0 amide bonds. The van der Waals surface area contributed by atoms with Gasteiger partial charge in [-0.15, -0.1) is 5.11 Å². The maximum absolute atomic E-state index is 10.7. The summed E-state index contributed by atoms with van der Waals surface area (Å²) in [6, 6.07) is 13.7. The fourth-order valence-corrected chi connectivity index (χ4v) is 2.43. The number of carbonyl (C=O) groups excluding carboxylic acids is 1. The molecule has 2 aromatic rings. The van der Waals surface area contributed by atoms with Crippen LogP contribution in [-0.2, 0) is 6.42 Å². The van der Waals surface area contributed by atoms with E-state index in [1.165, 1.54) is 5.56 Å². The van der Waals surface area contributed by atoms with E-state index in [0.717, 1.165) is 42.6 Å². The molecule has 0 fully saturated rings. The van der Waals surface area contributed by atoms with Crippen molar-refractivity contribution in [1.82, 2.24) is 5.01 Å². The predicted octanol–water partition coefficient (Wildman–Crippen LogP) is 5.57. The van der Waals surface area contributed by atoms with Crippen LogP contribution in [-0.4, -0.2) is 24.4 Å². The lowest BCUT2D eigenvalue weighted by atomic mass is 10.0. The van der Waals surface area contributed by atoms with Gasteiger partial charge in [-0.05, 0) is 49.1 Å². The van der Waals surface area contributed by atoms with Crippen molar-refractivity contribution in [1.29, 1.82) is 0 Å². The summed E-state index contributed by atoms with van der Waals surface area (Å²) in [5.74, 6) is 0. The summed E-state index contributed by atoms with van der Waals surface area (Å²) >= 11 is 0. The molecular formula is C21H25N3O. The molecule has 4 nitrogen and oxygen atoms in total. The molecule has 130 valence electrons. The maximum atomic E-state index is 10.7. The highest BCUT2D eigenvalue weighted by Crippen LogP contribution is 2.23. The number of aryl methyl sites for hydroxylation is 1. The lowest BCUT2D eigenvalue weighted by Gasteiger charge is -2.12. The first-order valence-corrected chi connectivity index (χ1v) is 8.73. The third-order valence-corrected chi connectivity index (χ3v) is 4.03. The molecule has 0 saturated carbocycles. The molecule has 0 saturated heterocycles. The number of aldehydes is 1. The van der Waals surface area contributed by atoms with Gasteiger partial charge in [-0.25, -0.2) is 0 Å². The van der Waals surface area contributed by atoms with Crippen LogP contribution in [0.5, 0.6) is 0 Å². The summed E-state index contributed by atoms with van der Waals surface area (Å²) in [6.45, 7) is 7.96. The molecule has 0 aliphatic carbocycles. The molecule has 4 heteroatoms. The molecule has 0 heterocycles. The molecule has 0 atom stereocenters. The first-order valence-electron chi connectivity index (χ1n) is 8.73. The van der Waals surface area contributed by atoms with Crippen molar-refractivity contribution in [2.45, 2.75) is 27.2 Å². The SMILES string of the molecule is CCc1cc(/C=C/c2ccc(C=O)cc2)ccc1N=NN(CC)CC. The molecule has 0 unspecified atom stereocenters. The van der Waals surface area contributed by atoms with Crippen molar-refractivity contribution in [3.8, 4) is 0 Å². The zero-order chi connectivity index (χ0) is 18.1. The Morgan fingerprint density at radius 2 is 1.48 bits per heavy atom. The maximum Gasteiger partial charge on any atom is 0.150 e. The van der Waals surface area contributed by atoms with E-state index in [1.807, 2.05) is 47.5 Å². The number of hydrogen-bond acceptors (Lipinski definition) is 3. The van der Waals surface area contributed by atoms with Crippen LogP contribution in [0, 0.1) is 0 Å². The van der Waals surface area contributed by atoms with E-state index in [-0.39, 0.29) is 0 Å². The van der Waals surface area contributed by atoms with Crippen LogP contribution in [0.1, 0.15) is 47.8 Å². The molecule has 0 spiro atoms. The first kappa shape index (κ1) is 18.6. The first-order chi connectivity index (χ1) is 12.2. The summed E-state index contributed by atoms with van der Waals surface area (Å²) < 4.78 is 0. The Hall–Kier alpha value is -2.75. The third-order valence-electron chi connectivity index (χ3n) is 4.03. The average Bonchev–Trinajstić information content (AvgIpc) is 2.68. The second-order valence-electron chi connectivity index (χ2n) is 5.69. The summed E-state index contributed by atoms with van der Waals surface area (Å²) in [7, 11) is 0. The zero-order valence-electron chi connectivity index (χ0n) is 15.1. The van der Waals surface area contributed by atoms with E-state index >= 15 is 0 Å². The van der Waals surface area contributed by atoms with E-state index in [9.17, 15) is 4.79 Å². The van der Waals surface area contributed by atoms with Gasteiger partial charge in [0.05, 0.1) is 5.69 Å². The highest BCUT2D eigenvalue weighted by Gasteiger charge is 2.02. The second-order valence-corrected chi connectivity index (χ2v) is 5.69. The number of benzene rings is 2. The van der Waals surface area contributed by atoms with Gasteiger partial charge in [0.15, 0.2) is 0 Å². The van der Waals surface area contributed by atoms with Gasteiger partial charge >= 0.3 is 0 Å². The highest BCUT2D eigenvalue weighted by atomic mass is 16.1. The molecule has 2 rings (SSSR count). The van der Waals surface area contributed by atoms with E-state index < -0.39 is 0 Å². The lowest BCUT2D eigenvalue weighted by molar-refractivity contribution is 0.112. The molecule has 0 aromatic heterocycles. The van der Waals surface area contributed by atoms with Crippen molar-refractivity contribution in [3.63, 3.8) is 0 Å². The summed E-state index contributed by atoms with van der Waals surface area (Å²) in [5, 5.41) is 10.6. The largest absolute Gasteiger partial charge is 0.298 e. The van der Waals surface area contributed by atoms with E-state index in [4.69, 9.17) is 0 Å². The topological polar surface area (TPSA) is 45.0 Å². The van der Waals surface area contributed by atoms with Crippen molar-refractivity contribution >= 4 is 24.1 Å². The van der Waals surface area contributed by atoms with Gasteiger partial charge in [0.1, 0.15) is 6.29 Å². The van der Waals surface area contributed by atoms with Gasteiger partial charge in [0.2, 0.25) is 0 Å². The van der Waals surface area contributed by atoms with Crippen molar-refractivity contribution in [2.75, 3.05) is 13.1 Å². The van der Waals surface area contributed by atoms with E-state index in [1.54, 1.807) is 0 Å². The van der Waals surface area contributed by atoms with Crippen LogP contribution in [0.2, 0.25) is 0 Å². The molecule has 0 radical (unpaired) electrons. The van der Waals surface area contributed by atoms with Gasteiger partial charge in [0.25, 0.3) is 0 Å².